The van der Waals surface area contributed by atoms with E-state index in [1.54, 1.807) is 41.9 Å². The lowest BCUT2D eigenvalue weighted by molar-refractivity contribution is 0.850. The van der Waals surface area contributed by atoms with Gasteiger partial charge in [0.25, 0.3) is 0 Å². The zero-order chi connectivity index (χ0) is 19.5. The Balaban J connectivity index is 1.89. The van der Waals surface area contributed by atoms with Crippen LogP contribution < -0.4 is 4.80 Å². The van der Waals surface area contributed by atoms with Gasteiger partial charge in [-0.15, -0.1) is 22.7 Å². The molecule has 0 N–H and O–H groups in total. The molecule has 0 bridgehead atoms. The maximum atomic E-state index is 6.32. The molecule has 0 atom stereocenters. The lowest BCUT2D eigenvalue weighted by Gasteiger charge is -2.05. The summed E-state index contributed by atoms with van der Waals surface area (Å²) in [6.45, 7) is 1.97. The number of halogens is 2. The van der Waals surface area contributed by atoms with Crippen molar-refractivity contribution in [1.82, 2.24) is 9.66 Å². The second-order valence-electron chi connectivity index (χ2n) is 5.82. The van der Waals surface area contributed by atoms with Crippen LogP contribution in [0.4, 0.5) is 5.69 Å². The second-order valence-corrected chi connectivity index (χ2v) is 8.45. The van der Waals surface area contributed by atoms with Gasteiger partial charge in [-0.05, 0) is 48.7 Å². The second kappa shape index (κ2) is 8.41. The number of rotatable bonds is 4. The highest BCUT2D eigenvalue weighted by Crippen LogP contribution is 2.29. The number of benzene rings is 1. The fraction of sp³-hybridized carbons (Fsp3) is 0.0500. The minimum atomic E-state index is 0.500. The Morgan fingerprint density at radius 2 is 1.89 bits per heavy atom. The molecule has 1 aromatic carbocycles. The molecule has 0 spiro atoms. The summed E-state index contributed by atoms with van der Waals surface area (Å²) in [5.74, 6) is 0. The van der Waals surface area contributed by atoms with Crippen molar-refractivity contribution in [3.05, 3.63) is 86.0 Å². The van der Waals surface area contributed by atoms with E-state index in [0.29, 0.717) is 15.7 Å². The summed E-state index contributed by atoms with van der Waals surface area (Å²) >= 11 is 15.5. The number of thiophene rings is 1. The molecule has 4 nitrogen and oxygen atoms in total. The molecule has 0 aliphatic carbocycles. The van der Waals surface area contributed by atoms with E-state index in [1.165, 1.54) is 11.3 Å². The van der Waals surface area contributed by atoms with Crippen molar-refractivity contribution in [2.75, 3.05) is 0 Å². The molecule has 0 amide bonds. The molecule has 3 heterocycles. The van der Waals surface area contributed by atoms with Crippen molar-refractivity contribution in [2.24, 2.45) is 10.1 Å². The molecule has 0 aliphatic rings. The minimum absolute atomic E-state index is 0.500. The molecule has 0 fully saturated rings. The molecule has 8 heteroatoms. The molecular weight excluding hydrogens is 431 g/mol. The Morgan fingerprint density at radius 1 is 1.07 bits per heavy atom. The predicted molar refractivity (Wildman–Crippen MR) is 119 cm³/mol. The van der Waals surface area contributed by atoms with E-state index >= 15 is 0 Å². The summed E-state index contributed by atoms with van der Waals surface area (Å²) < 4.78 is 1.86. The Labute approximate surface area is 180 Å². The van der Waals surface area contributed by atoms with Crippen LogP contribution in [-0.2, 0) is 0 Å². The van der Waals surface area contributed by atoms with E-state index in [4.69, 9.17) is 33.3 Å². The predicted octanol–water partition coefficient (Wildman–Crippen LogP) is 6.48. The first kappa shape index (κ1) is 19.1. The van der Waals surface area contributed by atoms with Crippen LogP contribution in [0, 0.1) is 0 Å². The van der Waals surface area contributed by atoms with Crippen molar-refractivity contribution in [1.29, 1.82) is 0 Å². The summed E-state index contributed by atoms with van der Waals surface area (Å²) in [4.78, 5) is 10.6. The number of aromatic nitrogens is 2. The molecular formula is C20H14Cl2N4S2. The maximum absolute atomic E-state index is 6.32. The molecule has 3 aromatic heterocycles. The summed E-state index contributed by atoms with van der Waals surface area (Å²) in [6, 6.07) is 13.2. The van der Waals surface area contributed by atoms with Crippen molar-refractivity contribution in [3.63, 3.8) is 0 Å². The topological polar surface area (TPSA) is 42.5 Å². The molecule has 0 unspecified atom stereocenters. The van der Waals surface area contributed by atoms with Gasteiger partial charge in [-0.25, -0.2) is 9.67 Å². The van der Waals surface area contributed by atoms with Gasteiger partial charge in [0.2, 0.25) is 4.80 Å². The van der Waals surface area contributed by atoms with Gasteiger partial charge in [-0.1, -0.05) is 29.3 Å². The van der Waals surface area contributed by atoms with Gasteiger partial charge in [0.05, 0.1) is 27.0 Å². The Morgan fingerprint density at radius 3 is 2.61 bits per heavy atom. The van der Waals surface area contributed by atoms with E-state index < -0.39 is 0 Å². The molecule has 4 aromatic rings. The fourth-order valence-electron chi connectivity index (χ4n) is 2.54. The third-order valence-corrected chi connectivity index (χ3v) is 6.18. The molecule has 0 saturated heterocycles. The van der Waals surface area contributed by atoms with Gasteiger partial charge in [-0.2, -0.15) is 5.10 Å². The quantitative estimate of drug-likeness (QED) is 0.331. The lowest BCUT2D eigenvalue weighted by atomic mass is 10.2. The molecule has 28 heavy (non-hydrogen) atoms. The average Bonchev–Trinajstić information content (AvgIpc) is 3.35. The Bertz CT molecular complexity index is 1190. The largest absolute Gasteiger partial charge is 0.265 e. The summed E-state index contributed by atoms with van der Waals surface area (Å²) in [7, 11) is 0. The van der Waals surface area contributed by atoms with E-state index in [-0.39, 0.29) is 0 Å². The summed E-state index contributed by atoms with van der Waals surface area (Å²) in [5, 5.41) is 10.0. The smallest absolute Gasteiger partial charge is 0.211 e. The first-order chi connectivity index (χ1) is 13.6. The highest BCUT2D eigenvalue weighted by molar-refractivity contribution is 7.14. The van der Waals surface area contributed by atoms with Crippen LogP contribution in [-0.4, -0.2) is 15.4 Å². The average molecular weight is 445 g/mol. The fourth-order valence-corrected chi connectivity index (χ4v) is 4.63. The van der Waals surface area contributed by atoms with Crippen molar-refractivity contribution >= 4 is 57.3 Å². The molecule has 4 rings (SSSR count). The SMILES string of the molecule is C/C(=N/n1c(-c2cccs2)csc1=Nc1ccc(Cl)cc1Cl)c1ccncc1. The van der Waals surface area contributed by atoms with Crippen LogP contribution in [0.15, 0.2) is 75.7 Å². The highest BCUT2D eigenvalue weighted by atomic mass is 35.5. The number of pyridine rings is 1. The van der Waals surface area contributed by atoms with Crippen molar-refractivity contribution in [3.8, 4) is 10.6 Å². The standard InChI is InChI=1S/C20H14Cl2N4S2/c1-13(14-6-8-23-9-7-14)25-26-18(19-3-2-10-27-19)12-28-20(26)24-17-5-4-15(21)11-16(17)22/h2-12H,1H3/b24-20?,25-13-. The van der Waals surface area contributed by atoms with Crippen LogP contribution in [0.2, 0.25) is 10.0 Å². The molecule has 140 valence electrons. The van der Waals surface area contributed by atoms with E-state index in [0.717, 1.165) is 26.6 Å². The number of hydrogen-bond acceptors (Lipinski definition) is 5. The normalized spacial score (nSPS) is 12.5. The summed E-state index contributed by atoms with van der Waals surface area (Å²) in [6.07, 6.45) is 3.51. The minimum Gasteiger partial charge on any atom is -0.265 e. The van der Waals surface area contributed by atoms with E-state index in [1.807, 2.05) is 35.2 Å². The lowest BCUT2D eigenvalue weighted by Crippen LogP contribution is -2.13. The van der Waals surface area contributed by atoms with Crippen molar-refractivity contribution in [2.45, 2.75) is 6.92 Å². The van der Waals surface area contributed by atoms with Crippen LogP contribution >= 0.6 is 45.9 Å². The number of hydrogen-bond donors (Lipinski definition) is 0. The highest BCUT2D eigenvalue weighted by Gasteiger charge is 2.10. The van der Waals surface area contributed by atoms with Crippen LogP contribution in [0.25, 0.3) is 10.6 Å². The zero-order valence-corrected chi connectivity index (χ0v) is 17.9. The van der Waals surface area contributed by atoms with Gasteiger partial charge in [0, 0.05) is 28.4 Å². The van der Waals surface area contributed by atoms with Gasteiger partial charge in [0.1, 0.15) is 0 Å². The van der Waals surface area contributed by atoms with Crippen LogP contribution in [0.3, 0.4) is 0 Å². The maximum Gasteiger partial charge on any atom is 0.211 e. The van der Waals surface area contributed by atoms with E-state index in [9.17, 15) is 0 Å². The van der Waals surface area contributed by atoms with Crippen molar-refractivity contribution < 1.29 is 0 Å². The van der Waals surface area contributed by atoms with Crippen LogP contribution in [0.1, 0.15) is 12.5 Å². The first-order valence-electron chi connectivity index (χ1n) is 8.32. The number of thiazole rings is 1. The third kappa shape index (κ3) is 4.10. The van der Waals surface area contributed by atoms with Gasteiger partial charge in [-0.3, -0.25) is 4.98 Å². The Hall–Kier alpha value is -2.25. The molecule has 0 aliphatic heterocycles. The third-order valence-electron chi connectivity index (χ3n) is 3.93. The zero-order valence-electron chi connectivity index (χ0n) is 14.7. The Kier molecular flexibility index (Phi) is 5.73. The van der Waals surface area contributed by atoms with Gasteiger partial charge < -0.3 is 0 Å². The van der Waals surface area contributed by atoms with Gasteiger partial charge >= 0.3 is 0 Å². The first-order valence-corrected chi connectivity index (χ1v) is 10.8. The number of nitrogens with zero attached hydrogens (tertiary/aromatic N) is 4. The molecule has 0 radical (unpaired) electrons. The monoisotopic (exact) mass is 444 g/mol. The van der Waals surface area contributed by atoms with Crippen LogP contribution in [0.5, 0.6) is 0 Å². The molecule has 0 saturated carbocycles. The van der Waals surface area contributed by atoms with Gasteiger partial charge in [0.15, 0.2) is 0 Å². The summed E-state index contributed by atoms with van der Waals surface area (Å²) in [5.41, 5.74) is 3.50. The van der Waals surface area contributed by atoms with E-state index in [2.05, 4.69) is 16.4 Å².